The molecular weight excluding hydrogens is 350 g/mol. The number of likely N-dealkylation sites (tertiary alicyclic amines) is 1. The van der Waals surface area contributed by atoms with Crippen molar-refractivity contribution in [1.82, 2.24) is 4.90 Å². The van der Waals surface area contributed by atoms with E-state index in [9.17, 15) is 15.0 Å². The number of esters is 1. The summed E-state index contributed by atoms with van der Waals surface area (Å²) in [4.78, 5) is 14.1. The van der Waals surface area contributed by atoms with Crippen molar-refractivity contribution < 1.29 is 29.2 Å². The largest absolute Gasteiger partial charge is 0.461 e. The van der Waals surface area contributed by atoms with Gasteiger partial charge < -0.3 is 24.4 Å². The van der Waals surface area contributed by atoms with Gasteiger partial charge in [-0.15, -0.1) is 0 Å². The van der Waals surface area contributed by atoms with E-state index in [1.165, 1.54) is 25.3 Å². The highest BCUT2D eigenvalue weighted by Gasteiger charge is 2.35. The highest BCUT2D eigenvalue weighted by molar-refractivity contribution is 5.81. The molecule has 0 amide bonds. The summed E-state index contributed by atoms with van der Waals surface area (Å²) in [5.41, 5.74) is 0. The van der Waals surface area contributed by atoms with Gasteiger partial charge in [0.1, 0.15) is 12.7 Å². The van der Waals surface area contributed by atoms with Crippen molar-refractivity contribution in [3.05, 3.63) is 12.2 Å². The number of piperidine rings is 1. The van der Waals surface area contributed by atoms with Crippen molar-refractivity contribution in [3.8, 4) is 0 Å². The van der Waals surface area contributed by atoms with Gasteiger partial charge in [0.2, 0.25) is 0 Å². The zero-order valence-electron chi connectivity index (χ0n) is 16.6. The summed E-state index contributed by atoms with van der Waals surface area (Å²) in [6, 6.07) is 0. The smallest absolute Gasteiger partial charge is 0.330 e. The molecule has 2 heterocycles. The van der Waals surface area contributed by atoms with Crippen LogP contribution in [-0.2, 0) is 19.0 Å². The molecule has 2 rings (SSSR count). The van der Waals surface area contributed by atoms with Crippen LogP contribution in [0.1, 0.15) is 52.4 Å². The standard InChI is InChI=1S/C20H35NO6/c1-15(26-20-18(23)14-17(22)16(2)27-20)8-4-5-9-19(24)25-13-12-21-10-6-3-7-11-21/h5,9,15-18,20,22-23H,3-4,6-8,10-14H2,1-2H3/b9-5+/t15-,16+,17?,18-,20-/m1/s1. The summed E-state index contributed by atoms with van der Waals surface area (Å²) in [6.07, 6.45) is 5.93. The Hall–Kier alpha value is -0.990. The minimum Gasteiger partial charge on any atom is -0.461 e. The second-order valence-electron chi connectivity index (χ2n) is 7.58. The predicted octanol–water partition coefficient (Wildman–Crippen LogP) is 1.61. The van der Waals surface area contributed by atoms with E-state index in [0.717, 1.165) is 19.6 Å². The van der Waals surface area contributed by atoms with Gasteiger partial charge in [-0.2, -0.15) is 0 Å². The number of allylic oxidation sites excluding steroid dienone is 1. The maximum Gasteiger partial charge on any atom is 0.330 e. The number of carbonyl (C=O) groups is 1. The van der Waals surface area contributed by atoms with Gasteiger partial charge in [0.15, 0.2) is 6.29 Å². The van der Waals surface area contributed by atoms with Crippen molar-refractivity contribution in [2.45, 2.75) is 83.1 Å². The van der Waals surface area contributed by atoms with Crippen LogP contribution in [0.15, 0.2) is 12.2 Å². The Morgan fingerprint density at radius 1 is 1.26 bits per heavy atom. The van der Waals surface area contributed by atoms with Crippen LogP contribution >= 0.6 is 0 Å². The number of hydrogen-bond acceptors (Lipinski definition) is 7. The number of nitrogens with zero attached hydrogens (tertiary/aromatic N) is 1. The molecule has 2 saturated heterocycles. The van der Waals surface area contributed by atoms with Gasteiger partial charge in [-0.1, -0.05) is 12.5 Å². The first-order valence-corrected chi connectivity index (χ1v) is 10.2. The molecule has 2 fully saturated rings. The molecule has 27 heavy (non-hydrogen) atoms. The van der Waals surface area contributed by atoms with Crippen LogP contribution in [0.2, 0.25) is 0 Å². The van der Waals surface area contributed by atoms with E-state index >= 15 is 0 Å². The fraction of sp³-hybridized carbons (Fsp3) is 0.850. The summed E-state index contributed by atoms with van der Waals surface area (Å²) in [5.74, 6) is -0.311. The van der Waals surface area contributed by atoms with Gasteiger partial charge in [0, 0.05) is 19.0 Å². The normalized spacial score (nSPS) is 31.1. The Balaban J connectivity index is 1.55. The molecule has 0 spiro atoms. The molecule has 156 valence electrons. The molecule has 7 nitrogen and oxygen atoms in total. The molecule has 2 N–H and O–H groups in total. The molecule has 2 aliphatic heterocycles. The third-order valence-electron chi connectivity index (χ3n) is 5.15. The maximum absolute atomic E-state index is 11.7. The molecule has 0 saturated carbocycles. The average Bonchev–Trinajstić information content (AvgIpc) is 2.64. The summed E-state index contributed by atoms with van der Waals surface area (Å²) >= 11 is 0. The Morgan fingerprint density at radius 3 is 2.74 bits per heavy atom. The van der Waals surface area contributed by atoms with E-state index in [-0.39, 0.29) is 24.6 Å². The monoisotopic (exact) mass is 385 g/mol. The van der Waals surface area contributed by atoms with Crippen molar-refractivity contribution in [2.24, 2.45) is 0 Å². The number of aliphatic hydroxyl groups excluding tert-OH is 2. The molecule has 0 radical (unpaired) electrons. The van der Waals surface area contributed by atoms with E-state index in [1.54, 1.807) is 13.0 Å². The SMILES string of the molecule is C[C@H](CC/C=C/C(=O)OCCN1CCCCC1)O[C@@H]1O[C@@H](C)C(O)C[C@H]1O. The second-order valence-corrected chi connectivity index (χ2v) is 7.58. The summed E-state index contributed by atoms with van der Waals surface area (Å²) in [6.45, 7) is 7.10. The fourth-order valence-corrected chi connectivity index (χ4v) is 3.38. The Morgan fingerprint density at radius 2 is 2.00 bits per heavy atom. The van der Waals surface area contributed by atoms with Crippen LogP contribution in [0.25, 0.3) is 0 Å². The third-order valence-corrected chi connectivity index (χ3v) is 5.15. The van der Waals surface area contributed by atoms with E-state index in [1.807, 2.05) is 6.92 Å². The van der Waals surface area contributed by atoms with E-state index in [4.69, 9.17) is 14.2 Å². The van der Waals surface area contributed by atoms with Crippen molar-refractivity contribution in [2.75, 3.05) is 26.2 Å². The van der Waals surface area contributed by atoms with Gasteiger partial charge in [-0.05, 0) is 52.6 Å². The second kappa shape index (κ2) is 11.8. The molecule has 0 aromatic heterocycles. The van der Waals surface area contributed by atoms with Crippen LogP contribution in [0.3, 0.4) is 0 Å². The molecule has 0 aromatic rings. The lowest BCUT2D eigenvalue weighted by atomic mass is 10.0. The quantitative estimate of drug-likeness (QED) is 0.460. The van der Waals surface area contributed by atoms with Gasteiger partial charge in [-0.25, -0.2) is 4.79 Å². The summed E-state index contributed by atoms with van der Waals surface area (Å²) in [7, 11) is 0. The lowest BCUT2D eigenvalue weighted by Crippen LogP contribution is -2.48. The minimum atomic E-state index is -0.830. The number of ether oxygens (including phenoxy) is 3. The van der Waals surface area contributed by atoms with Crippen LogP contribution in [0, 0.1) is 0 Å². The van der Waals surface area contributed by atoms with E-state index in [0.29, 0.717) is 19.4 Å². The van der Waals surface area contributed by atoms with Gasteiger partial charge >= 0.3 is 5.97 Å². The first kappa shape index (κ1) is 22.3. The van der Waals surface area contributed by atoms with Crippen LogP contribution < -0.4 is 0 Å². The molecule has 5 atom stereocenters. The highest BCUT2D eigenvalue weighted by atomic mass is 16.7. The van der Waals surface area contributed by atoms with Crippen LogP contribution in [0.5, 0.6) is 0 Å². The lowest BCUT2D eigenvalue weighted by Gasteiger charge is -2.36. The minimum absolute atomic E-state index is 0.133. The van der Waals surface area contributed by atoms with Crippen LogP contribution in [-0.4, -0.2) is 78.0 Å². The summed E-state index contributed by atoms with van der Waals surface area (Å²) in [5, 5.41) is 19.6. The zero-order chi connectivity index (χ0) is 19.6. The van der Waals surface area contributed by atoms with Crippen molar-refractivity contribution in [3.63, 3.8) is 0 Å². The Bertz CT molecular complexity index is 465. The first-order chi connectivity index (χ1) is 13.0. The third kappa shape index (κ3) is 8.27. The predicted molar refractivity (Wildman–Crippen MR) is 101 cm³/mol. The van der Waals surface area contributed by atoms with E-state index < -0.39 is 18.5 Å². The number of carbonyl (C=O) groups excluding carboxylic acids is 1. The Kier molecular flexibility index (Phi) is 9.72. The topological polar surface area (TPSA) is 88.5 Å². The number of hydrogen-bond donors (Lipinski definition) is 2. The zero-order valence-corrected chi connectivity index (χ0v) is 16.6. The molecule has 7 heteroatoms. The fourth-order valence-electron chi connectivity index (χ4n) is 3.38. The summed E-state index contributed by atoms with van der Waals surface area (Å²) < 4.78 is 16.5. The molecule has 0 bridgehead atoms. The molecule has 1 unspecified atom stereocenters. The molecule has 0 aromatic carbocycles. The maximum atomic E-state index is 11.7. The number of rotatable bonds is 9. The van der Waals surface area contributed by atoms with Gasteiger partial charge in [0.05, 0.1) is 18.3 Å². The molecule has 2 aliphatic rings. The highest BCUT2D eigenvalue weighted by Crippen LogP contribution is 2.22. The van der Waals surface area contributed by atoms with Gasteiger partial charge in [0.25, 0.3) is 0 Å². The van der Waals surface area contributed by atoms with E-state index in [2.05, 4.69) is 4.90 Å². The lowest BCUT2D eigenvalue weighted by molar-refractivity contribution is -0.273. The molecule has 0 aliphatic carbocycles. The Labute approximate surface area is 162 Å². The van der Waals surface area contributed by atoms with Crippen molar-refractivity contribution >= 4 is 5.97 Å². The molecular formula is C20H35NO6. The average molecular weight is 386 g/mol. The van der Waals surface area contributed by atoms with Crippen LogP contribution in [0.4, 0.5) is 0 Å². The van der Waals surface area contributed by atoms with Gasteiger partial charge in [-0.3, -0.25) is 4.90 Å². The van der Waals surface area contributed by atoms with Crippen molar-refractivity contribution in [1.29, 1.82) is 0 Å². The number of aliphatic hydroxyl groups is 2. The first-order valence-electron chi connectivity index (χ1n) is 10.2.